The molecule has 3 aromatic carbocycles. The maximum absolute atomic E-state index is 5.43. The predicted octanol–water partition coefficient (Wildman–Crippen LogP) is 5.83. The molecule has 0 spiro atoms. The average molecular weight is 462 g/mol. The van der Waals surface area contributed by atoms with Gasteiger partial charge in [0.1, 0.15) is 0 Å². The summed E-state index contributed by atoms with van der Waals surface area (Å²) in [6.45, 7) is 3.49. The SMILES string of the molecule is c1ccc(SNc2nc3ccccc3nc2Nc2ccc(SN3CCOCC3)cc2)cc1. The van der Waals surface area contributed by atoms with Crippen molar-refractivity contribution < 1.29 is 4.74 Å². The third kappa shape index (κ3) is 5.34. The molecule has 0 unspecified atom stereocenters. The standard InChI is InChI=1S/C24H23N5OS2/c1-2-6-19(7-3-1)31-28-24-23(26-21-8-4-5-9-22(21)27-24)25-18-10-12-20(13-11-18)32-29-14-16-30-17-15-29/h1-13H,14-17H2,(H,25,26)(H,27,28). The van der Waals surface area contributed by atoms with Crippen LogP contribution < -0.4 is 10.0 Å². The van der Waals surface area contributed by atoms with E-state index in [-0.39, 0.29) is 0 Å². The van der Waals surface area contributed by atoms with Gasteiger partial charge in [0.25, 0.3) is 0 Å². The number of hydrogen-bond donors (Lipinski definition) is 2. The first-order chi connectivity index (χ1) is 15.8. The zero-order valence-corrected chi connectivity index (χ0v) is 19.0. The monoisotopic (exact) mass is 461 g/mol. The zero-order valence-electron chi connectivity index (χ0n) is 17.4. The van der Waals surface area contributed by atoms with Gasteiger partial charge in [0.15, 0.2) is 11.6 Å². The van der Waals surface area contributed by atoms with Gasteiger partial charge >= 0.3 is 0 Å². The van der Waals surface area contributed by atoms with Gasteiger partial charge in [-0.25, -0.2) is 14.3 Å². The van der Waals surface area contributed by atoms with Crippen LogP contribution in [-0.4, -0.2) is 40.6 Å². The van der Waals surface area contributed by atoms with Crippen molar-refractivity contribution in [3.8, 4) is 0 Å². The van der Waals surface area contributed by atoms with E-state index in [9.17, 15) is 0 Å². The highest BCUT2D eigenvalue weighted by molar-refractivity contribution is 8.00. The van der Waals surface area contributed by atoms with Crippen LogP contribution in [0.15, 0.2) is 88.7 Å². The Balaban J connectivity index is 1.35. The highest BCUT2D eigenvalue weighted by Gasteiger charge is 2.13. The highest BCUT2D eigenvalue weighted by atomic mass is 32.2. The van der Waals surface area contributed by atoms with E-state index in [1.807, 2.05) is 42.5 Å². The van der Waals surface area contributed by atoms with Gasteiger partial charge in [-0.15, -0.1) is 0 Å². The number of hydrogen-bond acceptors (Lipinski definition) is 8. The van der Waals surface area contributed by atoms with Crippen LogP contribution in [0.3, 0.4) is 0 Å². The molecule has 5 rings (SSSR count). The van der Waals surface area contributed by atoms with Crippen molar-refractivity contribution in [1.82, 2.24) is 14.3 Å². The second kappa shape index (κ2) is 10.2. The van der Waals surface area contributed by atoms with Crippen LogP contribution in [0.5, 0.6) is 0 Å². The average Bonchev–Trinajstić information content (AvgIpc) is 2.85. The number of nitrogens with one attached hydrogen (secondary N) is 2. The van der Waals surface area contributed by atoms with Crippen LogP contribution in [0.2, 0.25) is 0 Å². The molecule has 4 aromatic rings. The molecular formula is C24H23N5OS2. The van der Waals surface area contributed by atoms with Crippen molar-refractivity contribution in [2.24, 2.45) is 0 Å². The summed E-state index contributed by atoms with van der Waals surface area (Å²) in [5.74, 6) is 1.39. The Morgan fingerprint density at radius 3 is 2.09 bits per heavy atom. The minimum atomic E-state index is 0.695. The topological polar surface area (TPSA) is 62.3 Å². The molecule has 2 heterocycles. The van der Waals surface area contributed by atoms with Crippen molar-refractivity contribution in [3.05, 3.63) is 78.9 Å². The van der Waals surface area contributed by atoms with Crippen molar-refractivity contribution >= 4 is 52.3 Å². The Kier molecular flexibility index (Phi) is 6.74. The Morgan fingerprint density at radius 1 is 0.719 bits per heavy atom. The van der Waals surface area contributed by atoms with Gasteiger partial charge in [-0.2, -0.15) is 0 Å². The van der Waals surface area contributed by atoms with Gasteiger partial charge in [-0.1, -0.05) is 30.3 Å². The van der Waals surface area contributed by atoms with Gasteiger partial charge in [-0.05, 0) is 72.4 Å². The fraction of sp³-hybridized carbons (Fsp3) is 0.167. The lowest BCUT2D eigenvalue weighted by Crippen LogP contribution is -2.30. The van der Waals surface area contributed by atoms with Crippen LogP contribution >= 0.6 is 23.9 Å². The number of fused-ring (bicyclic) bond motifs is 1. The van der Waals surface area contributed by atoms with Crippen LogP contribution in [-0.2, 0) is 4.74 Å². The first-order valence-corrected chi connectivity index (χ1v) is 12.0. The van der Waals surface area contributed by atoms with E-state index in [0.29, 0.717) is 11.6 Å². The summed E-state index contributed by atoms with van der Waals surface area (Å²) in [6.07, 6.45) is 0. The van der Waals surface area contributed by atoms with Crippen molar-refractivity contribution in [3.63, 3.8) is 0 Å². The molecular weight excluding hydrogens is 438 g/mol. The normalized spacial score (nSPS) is 14.4. The fourth-order valence-corrected chi connectivity index (χ4v) is 4.81. The predicted molar refractivity (Wildman–Crippen MR) is 133 cm³/mol. The Hall–Kier alpha value is -2.78. The summed E-state index contributed by atoms with van der Waals surface area (Å²) in [6, 6.07) is 26.5. The number of rotatable bonds is 7. The number of anilines is 3. The maximum atomic E-state index is 5.43. The molecule has 1 fully saturated rings. The molecule has 1 aromatic heterocycles. The summed E-state index contributed by atoms with van der Waals surface area (Å²) in [7, 11) is 0. The molecule has 8 heteroatoms. The second-order valence-corrected chi connectivity index (χ2v) is 9.26. The lowest BCUT2D eigenvalue weighted by molar-refractivity contribution is 0.0773. The Bertz CT molecular complexity index is 1170. The number of morpholine rings is 1. The van der Waals surface area contributed by atoms with Gasteiger partial charge in [-0.3, -0.25) is 0 Å². The molecule has 0 bridgehead atoms. The molecule has 0 amide bonds. The summed E-state index contributed by atoms with van der Waals surface area (Å²) in [4.78, 5) is 11.9. The van der Waals surface area contributed by atoms with Crippen LogP contribution in [0.4, 0.5) is 17.3 Å². The zero-order chi connectivity index (χ0) is 21.6. The third-order valence-electron chi connectivity index (χ3n) is 4.90. The quantitative estimate of drug-likeness (QED) is 0.333. The highest BCUT2D eigenvalue weighted by Crippen LogP contribution is 2.30. The first kappa shape index (κ1) is 21.1. The summed E-state index contributed by atoms with van der Waals surface area (Å²) in [5.41, 5.74) is 2.67. The lowest BCUT2D eigenvalue weighted by atomic mass is 10.3. The number of para-hydroxylation sites is 2. The second-order valence-electron chi connectivity index (χ2n) is 7.21. The lowest BCUT2D eigenvalue weighted by Gasteiger charge is -2.25. The molecule has 0 aliphatic carbocycles. The number of ether oxygens (including phenoxy) is 1. The molecule has 1 saturated heterocycles. The molecule has 32 heavy (non-hydrogen) atoms. The van der Waals surface area contributed by atoms with Gasteiger partial charge in [0.2, 0.25) is 0 Å². The fourth-order valence-electron chi connectivity index (χ4n) is 3.28. The molecule has 6 nitrogen and oxygen atoms in total. The summed E-state index contributed by atoms with van der Waals surface area (Å²) >= 11 is 3.29. The van der Waals surface area contributed by atoms with E-state index in [0.717, 1.165) is 47.9 Å². The molecule has 0 atom stereocenters. The van der Waals surface area contributed by atoms with Gasteiger partial charge in [0, 0.05) is 28.6 Å². The minimum absolute atomic E-state index is 0.695. The molecule has 1 aliphatic rings. The van der Waals surface area contributed by atoms with Crippen LogP contribution in [0.1, 0.15) is 0 Å². The number of benzene rings is 3. The summed E-state index contributed by atoms with van der Waals surface area (Å²) < 4.78 is 11.1. The van der Waals surface area contributed by atoms with E-state index >= 15 is 0 Å². The van der Waals surface area contributed by atoms with E-state index in [1.165, 1.54) is 16.8 Å². The van der Waals surface area contributed by atoms with Gasteiger partial charge in [0.05, 0.1) is 24.2 Å². The van der Waals surface area contributed by atoms with E-state index < -0.39 is 0 Å². The van der Waals surface area contributed by atoms with Crippen LogP contribution in [0.25, 0.3) is 11.0 Å². The van der Waals surface area contributed by atoms with E-state index in [1.54, 1.807) is 11.9 Å². The Morgan fingerprint density at radius 2 is 1.38 bits per heavy atom. The third-order valence-corrected chi connectivity index (χ3v) is 6.81. The molecule has 1 aliphatic heterocycles. The van der Waals surface area contributed by atoms with Crippen molar-refractivity contribution in [2.45, 2.75) is 9.79 Å². The van der Waals surface area contributed by atoms with E-state index in [4.69, 9.17) is 14.7 Å². The Labute approximate surface area is 196 Å². The molecule has 0 saturated carbocycles. The largest absolute Gasteiger partial charge is 0.379 e. The van der Waals surface area contributed by atoms with Crippen molar-refractivity contribution in [1.29, 1.82) is 0 Å². The maximum Gasteiger partial charge on any atom is 0.180 e. The minimum Gasteiger partial charge on any atom is -0.379 e. The number of nitrogens with zero attached hydrogens (tertiary/aromatic N) is 3. The van der Waals surface area contributed by atoms with E-state index in [2.05, 4.69) is 50.7 Å². The first-order valence-electron chi connectivity index (χ1n) is 10.5. The molecule has 162 valence electrons. The van der Waals surface area contributed by atoms with Crippen molar-refractivity contribution in [2.75, 3.05) is 36.3 Å². The molecule has 2 N–H and O–H groups in total. The summed E-state index contributed by atoms with van der Waals surface area (Å²) in [5, 5.41) is 3.44. The number of aromatic nitrogens is 2. The molecule has 0 radical (unpaired) electrons. The van der Waals surface area contributed by atoms with Gasteiger partial charge < -0.3 is 14.8 Å². The smallest absolute Gasteiger partial charge is 0.180 e. The van der Waals surface area contributed by atoms with Crippen LogP contribution in [0, 0.1) is 0 Å².